The topological polar surface area (TPSA) is 33.7 Å². The van der Waals surface area contributed by atoms with E-state index in [0.29, 0.717) is 0 Å². The average Bonchev–Trinajstić information content (AvgIpc) is 3.12. The van der Waals surface area contributed by atoms with Crippen LogP contribution in [0.5, 0.6) is 11.5 Å². The van der Waals surface area contributed by atoms with Gasteiger partial charge in [0.2, 0.25) is 0 Å². The van der Waals surface area contributed by atoms with E-state index in [2.05, 4.69) is 39.9 Å². The number of nitrogens with zero attached hydrogens (tertiary/aromatic N) is 1. The number of hydrogen-bond donors (Lipinski definition) is 1. The largest absolute Gasteiger partial charge is 0.493 e. The maximum absolute atomic E-state index is 5.53. The Morgan fingerprint density at radius 3 is 2.65 bits per heavy atom. The van der Waals surface area contributed by atoms with E-state index in [4.69, 9.17) is 21.7 Å². The predicted octanol–water partition coefficient (Wildman–Crippen LogP) is 3.22. The molecule has 0 spiro atoms. The molecule has 2 heterocycles. The molecule has 23 heavy (non-hydrogen) atoms. The monoisotopic (exact) mass is 348 g/mol. The van der Waals surface area contributed by atoms with E-state index in [-0.39, 0.29) is 6.04 Å². The van der Waals surface area contributed by atoms with E-state index in [9.17, 15) is 0 Å². The molecule has 3 rings (SSSR count). The Kier molecular flexibility index (Phi) is 4.73. The van der Waals surface area contributed by atoms with Crippen LogP contribution in [0.15, 0.2) is 29.6 Å². The van der Waals surface area contributed by atoms with Crippen LogP contribution in [0.3, 0.4) is 0 Å². The van der Waals surface area contributed by atoms with Crippen molar-refractivity contribution in [3.8, 4) is 11.5 Å². The van der Waals surface area contributed by atoms with Gasteiger partial charge in [-0.25, -0.2) is 0 Å². The lowest BCUT2D eigenvalue weighted by Gasteiger charge is -2.38. The van der Waals surface area contributed by atoms with Gasteiger partial charge in [0.15, 0.2) is 16.6 Å². The Morgan fingerprint density at radius 2 is 2.04 bits per heavy atom. The smallest absolute Gasteiger partial charge is 0.169 e. The number of rotatable bonds is 3. The molecule has 0 fully saturated rings. The maximum Gasteiger partial charge on any atom is 0.169 e. The molecule has 0 bridgehead atoms. The molecule has 4 nitrogen and oxygen atoms in total. The zero-order chi connectivity index (χ0) is 16.4. The molecule has 1 aliphatic heterocycles. The van der Waals surface area contributed by atoms with Crippen molar-refractivity contribution in [3.05, 3.63) is 45.6 Å². The van der Waals surface area contributed by atoms with E-state index in [1.165, 1.54) is 16.0 Å². The second-order valence-electron chi connectivity index (χ2n) is 5.32. The Morgan fingerprint density at radius 1 is 1.30 bits per heavy atom. The number of methoxy groups -OCH3 is 2. The van der Waals surface area contributed by atoms with Crippen LogP contribution in [0.4, 0.5) is 0 Å². The van der Waals surface area contributed by atoms with Gasteiger partial charge >= 0.3 is 0 Å². The molecule has 1 atom stereocenters. The Bertz CT molecular complexity index is 701. The predicted molar refractivity (Wildman–Crippen MR) is 97.8 cm³/mol. The molecular formula is C17H20N2O2S2. The zero-order valence-corrected chi connectivity index (χ0v) is 15.1. The van der Waals surface area contributed by atoms with Crippen LogP contribution in [-0.2, 0) is 6.42 Å². The average molecular weight is 348 g/mol. The van der Waals surface area contributed by atoms with Gasteiger partial charge in [0.05, 0.1) is 20.3 Å². The SMILES string of the molecule is CNC(=S)N1CCc2cc(OC)c(OC)cc2C1c1cccs1. The second-order valence-corrected chi connectivity index (χ2v) is 6.69. The molecule has 6 heteroatoms. The van der Waals surface area contributed by atoms with Gasteiger partial charge in [-0.1, -0.05) is 6.07 Å². The number of fused-ring (bicyclic) bond motifs is 1. The minimum absolute atomic E-state index is 0.110. The molecule has 0 saturated carbocycles. The van der Waals surface area contributed by atoms with Crippen molar-refractivity contribution >= 4 is 28.7 Å². The highest BCUT2D eigenvalue weighted by Crippen LogP contribution is 2.42. The molecule has 0 aliphatic carbocycles. The molecule has 122 valence electrons. The summed E-state index contributed by atoms with van der Waals surface area (Å²) in [7, 11) is 5.22. The van der Waals surface area contributed by atoms with Crippen molar-refractivity contribution in [2.24, 2.45) is 0 Å². The fraction of sp³-hybridized carbons (Fsp3) is 0.353. The van der Waals surface area contributed by atoms with Crippen LogP contribution in [0.25, 0.3) is 0 Å². The zero-order valence-electron chi connectivity index (χ0n) is 13.5. The van der Waals surface area contributed by atoms with E-state index in [1.54, 1.807) is 25.6 Å². The highest BCUT2D eigenvalue weighted by molar-refractivity contribution is 7.80. The lowest BCUT2D eigenvalue weighted by molar-refractivity contribution is 0.328. The van der Waals surface area contributed by atoms with Crippen molar-refractivity contribution in [3.63, 3.8) is 0 Å². The third kappa shape index (κ3) is 2.88. The van der Waals surface area contributed by atoms with E-state index in [1.807, 2.05) is 7.05 Å². The molecule has 0 saturated heterocycles. The van der Waals surface area contributed by atoms with Crippen molar-refractivity contribution < 1.29 is 9.47 Å². The highest BCUT2D eigenvalue weighted by Gasteiger charge is 2.32. The first-order chi connectivity index (χ1) is 11.2. The van der Waals surface area contributed by atoms with Crippen LogP contribution in [0.2, 0.25) is 0 Å². The van der Waals surface area contributed by atoms with E-state index >= 15 is 0 Å². The minimum Gasteiger partial charge on any atom is -0.493 e. The van der Waals surface area contributed by atoms with Crippen LogP contribution in [0.1, 0.15) is 22.0 Å². The van der Waals surface area contributed by atoms with Gasteiger partial charge in [-0.05, 0) is 53.3 Å². The van der Waals surface area contributed by atoms with Crippen molar-refractivity contribution in [1.29, 1.82) is 0 Å². The number of nitrogens with one attached hydrogen (secondary N) is 1. The molecule has 2 aromatic rings. The van der Waals surface area contributed by atoms with Crippen LogP contribution < -0.4 is 14.8 Å². The summed E-state index contributed by atoms with van der Waals surface area (Å²) in [6, 6.07) is 8.53. The van der Waals surface area contributed by atoms with Gasteiger partial charge in [-0.15, -0.1) is 11.3 Å². The van der Waals surface area contributed by atoms with Crippen molar-refractivity contribution in [1.82, 2.24) is 10.2 Å². The fourth-order valence-electron chi connectivity index (χ4n) is 3.06. The molecule has 0 radical (unpaired) electrons. The summed E-state index contributed by atoms with van der Waals surface area (Å²) in [6.45, 7) is 0.880. The highest BCUT2D eigenvalue weighted by atomic mass is 32.1. The van der Waals surface area contributed by atoms with Crippen LogP contribution in [0, 0.1) is 0 Å². The molecular weight excluding hydrogens is 328 g/mol. The minimum atomic E-state index is 0.110. The molecule has 1 aromatic carbocycles. The van der Waals surface area contributed by atoms with Gasteiger partial charge in [0.1, 0.15) is 0 Å². The third-order valence-corrected chi connectivity index (χ3v) is 5.52. The van der Waals surface area contributed by atoms with E-state index in [0.717, 1.165) is 29.6 Å². The lowest BCUT2D eigenvalue weighted by Crippen LogP contribution is -2.44. The van der Waals surface area contributed by atoms with E-state index < -0.39 is 0 Å². The normalized spacial score (nSPS) is 16.7. The van der Waals surface area contributed by atoms with Crippen molar-refractivity contribution in [2.45, 2.75) is 12.5 Å². The maximum atomic E-state index is 5.53. The summed E-state index contributed by atoms with van der Waals surface area (Å²) in [6.07, 6.45) is 0.930. The van der Waals surface area contributed by atoms with Crippen LogP contribution in [-0.4, -0.2) is 37.8 Å². The van der Waals surface area contributed by atoms with Crippen molar-refractivity contribution in [2.75, 3.05) is 27.8 Å². The number of benzene rings is 1. The fourth-order valence-corrected chi connectivity index (χ4v) is 4.11. The summed E-state index contributed by atoms with van der Waals surface area (Å²) < 4.78 is 11.0. The molecule has 1 aromatic heterocycles. The van der Waals surface area contributed by atoms with Gasteiger partial charge in [0.25, 0.3) is 0 Å². The number of thiophene rings is 1. The first kappa shape index (κ1) is 16.1. The van der Waals surface area contributed by atoms with Crippen LogP contribution >= 0.6 is 23.6 Å². The van der Waals surface area contributed by atoms with Gasteiger partial charge in [-0.3, -0.25) is 0 Å². The molecule has 0 amide bonds. The molecule has 1 aliphatic rings. The summed E-state index contributed by atoms with van der Waals surface area (Å²) in [5.74, 6) is 1.53. The lowest BCUT2D eigenvalue weighted by atomic mass is 9.91. The summed E-state index contributed by atoms with van der Waals surface area (Å²) in [5, 5.41) is 5.98. The summed E-state index contributed by atoms with van der Waals surface area (Å²) >= 11 is 7.28. The summed E-state index contributed by atoms with van der Waals surface area (Å²) in [5.41, 5.74) is 2.52. The first-order valence-corrected chi connectivity index (χ1v) is 8.75. The van der Waals surface area contributed by atoms with Gasteiger partial charge in [0, 0.05) is 18.5 Å². The van der Waals surface area contributed by atoms with Gasteiger partial charge in [-0.2, -0.15) is 0 Å². The first-order valence-electron chi connectivity index (χ1n) is 7.46. The number of hydrogen-bond acceptors (Lipinski definition) is 4. The molecule has 1 unspecified atom stereocenters. The third-order valence-electron chi connectivity index (χ3n) is 4.16. The summed E-state index contributed by atoms with van der Waals surface area (Å²) in [4.78, 5) is 3.52. The molecule has 1 N–H and O–H groups in total. The second kappa shape index (κ2) is 6.76. The van der Waals surface area contributed by atoms with Gasteiger partial charge < -0.3 is 19.7 Å². The Balaban J connectivity index is 2.14. The standard InChI is InChI=1S/C17H20N2O2S2/c1-18-17(22)19-7-6-11-9-13(20-2)14(21-3)10-12(11)16(19)15-5-4-8-23-15/h4-5,8-10,16H,6-7H2,1-3H3,(H,18,22). The number of thiocarbonyl (C=S) groups is 1. The number of ether oxygens (including phenoxy) is 2. The Labute approximate surface area is 146 Å². The Hall–Kier alpha value is -1.79. The quantitative estimate of drug-likeness (QED) is 0.862.